The van der Waals surface area contributed by atoms with Crippen molar-refractivity contribution in [1.29, 1.82) is 0 Å². The van der Waals surface area contributed by atoms with Gasteiger partial charge in [0.15, 0.2) is 12.6 Å². The predicted molar refractivity (Wildman–Crippen MR) is 190 cm³/mol. The first-order valence-corrected chi connectivity index (χ1v) is 19.1. The van der Waals surface area contributed by atoms with Gasteiger partial charge < -0.3 is 82.7 Å². The lowest BCUT2D eigenvalue weighted by molar-refractivity contribution is -0.296. The van der Waals surface area contributed by atoms with E-state index in [4.69, 9.17) is 52.1 Å². The van der Waals surface area contributed by atoms with Gasteiger partial charge in [0.25, 0.3) is 0 Å². The third-order valence-electron chi connectivity index (χ3n) is 8.74. The second-order valence-electron chi connectivity index (χ2n) is 13.2. The van der Waals surface area contributed by atoms with Crippen molar-refractivity contribution in [3.63, 3.8) is 0 Å². The van der Waals surface area contributed by atoms with Crippen LogP contribution in [-0.4, -0.2) is 215 Å². The van der Waals surface area contributed by atoms with Crippen molar-refractivity contribution >= 4 is 0 Å². The molecule has 0 bridgehead atoms. The Kier molecular flexibility index (Phi) is 22.1. The molecule has 6 N–H and O–H groups in total. The number of aliphatic hydroxyl groups excluding tert-OH is 6. The van der Waals surface area contributed by atoms with E-state index in [0.29, 0.717) is 117 Å². The third kappa shape index (κ3) is 17.0. The van der Waals surface area contributed by atoms with Crippen molar-refractivity contribution in [1.82, 2.24) is 30.0 Å². The summed E-state index contributed by atoms with van der Waals surface area (Å²) in [6.45, 7) is 10.1. The zero-order valence-corrected chi connectivity index (χ0v) is 32.5. The van der Waals surface area contributed by atoms with Crippen LogP contribution < -0.4 is 0 Å². The minimum Gasteiger partial charge on any atom is -0.388 e. The van der Waals surface area contributed by atoms with E-state index in [2.05, 4.69) is 20.6 Å². The summed E-state index contributed by atoms with van der Waals surface area (Å²) in [7, 11) is 0. The number of aliphatic hydroxyl groups is 6. The number of rotatable bonds is 30. The highest BCUT2D eigenvalue weighted by Gasteiger charge is 2.43. The lowest BCUT2D eigenvalue weighted by Crippen LogP contribution is -2.57. The van der Waals surface area contributed by atoms with Crippen molar-refractivity contribution in [2.24, 2.45) is 0 Å². The monoisotopic (exact) mass is 824 g/mol. The van der Waals surface area contributed by atoms with E-state index in [-0.39, 0.29) is 13.2 Å². The molecule has 0 aliphatic carbocycles. The number of hydrogen-bond acceptors (Lipinski definition) is 21. The molecule has 0 aromatic carbocycles. The second kappa shape index (κ2) is 26.6. The predicted octanol–water partition coefficient (Wildman–Crippen LogP) is -3.63. The van der Waals surface area contributed by atoms with Gasteiger partial charge >= 0.3 is 0 Å². The van der Waals surface area contributed by atoms with Crippen molar-refractivity contribution in [3.8, 4) is 0 Å². The normalized spacial score (nSPS) is 28.0. The molecule has 2 aromatic heterocycles. The number of hydrogen-bond donors (Lipinski definition) is 6. The standard InChI is InChI=1S/C34H60N6O17/c1-23-27(41)29(43)31(45)33(56-23)54-21-25-19-39(37-35-25)3-5-47-7-9-49-11-13-51-15-17-53-18-16-52-14-12-50-10-8-48-6-4-40-20-26(36-38-40)22-55-34-32(46)30(44)28(42)24(2)57-34/h19-20,23-24,27-34,41-46H,3-18,21-22H2,1-2H3/t23?,24?,27-,28-,29?,30?,31-,32?,33-,34-/m1/s1. The van der Waals surface area contributed by atoms with Crippen molar-refractivity contribution < 1.29 is 82.7 Å². The smallest absolute Gasteiger partial charge is 0.186 e. The molecule has 4 rings (SSSR count). The first kappa shape index (κ1) is 47.3. The van der Waals surface area contributed by atoms with Crippen LogP contribution >= 0.6 is 0 Å². The number of aromatic nitrogens is 6. The van der Waals surface area contributed by atoms with Crippen LogP contribution in [0.15, 0.2) is 12.4 Å². The number of ether oxygens (including phenoxy) is 11. The molecular weight excluding hydrogens is 764 g/mol. The molecule has 0 radical (unpaired) electrons. The summed E-state index contributed by atoms with van der Waals surface area (Å²) in [5, 5.41) is 75.4. The van der Waals surface area contributed by atoms with Gasteiger partial charge in [0.2, 0.25) is 0 Å². The van der Waals surface area contributed by atoms with Gasteiger partial charge in [-0.15, -0.1) is 10.2 Å². The molecule has 23 nitrogen and oxygen atoms in total. The summed E-state index contributed by atoms with van der Waals surface area (Å²) in [5.74, 6) is 0. The highest BCUT2D eigenvalue weighted by molar-refractivity contribution is 4.93. The Morgan fingerprint density at radius 3 is 1.07 bits per heavy atom. The molecule has 2 aromatic rings. The van der Waals surface area contributed by atoms with Crippen molar-refractivity contribution in [2.75, 3.05) is 92.5 Å². The summed E-state index contributed by atoms with van der Waals surface area (Å²) < 4.78 is 63.7. The van der Waals surface area contributed by atoms with Gasteiger partial charge in [-0.25, -0.2) is 9.36 Å². The van der Waals surface area contributed by atoms with E-state index in [9.17, 15) is 30.6 Å². The fraction of sp³-hybridized carbons (Fsp3) is 0.882. The van der Waals surface area contributed by atoms with E-state index in [1.54, 1.807) is 35.6 Å². The van der Waals surface area contributed by atoms with Crippen LogP contribution in [0.1, 0.15) is 25.2 Å². The highest BCUT2D eigenvalue weighted by Crippen LogP contribution is 2.23. The van der Waals surface area contributed by atoms with Crippen LogP contribution in [0, 0.1) is 0 Å². The summed E-state index contributed by atoms with van der Waals surface area (Å²) in [6.07, 6.45) is -8.05. The number of nitrogens with zero attached hydrogens (tertiary/aromatic N) is 6. The van der Waals surface area contributed by atoms with Gasteiger partial charge in [-0.05, 0) is 13.8 Å². The first-order valence-electron chi connectivity index (χ1n) is 19.1. The molecule has 2 aliphatic heterocycles. The quantitative estimate of drug-likeness (QED) is 0.0415. The van der Waals surface area contributed by atoms with Gasteiger partial charge in [0.1, 0.15) is 48.0 Å². The molecule has 0 amide bonds. The fourth-order valence-electron chi connectivity index (χ4n) is 5.40. The highest BCUT2D eigenvalue weighted by atomic mass is 16.7. The van der Waals surface area contributed by atoms with E-state index in [1.807, 2.05) is 0 Å². The Balaban J connectivity index is 0.837. The van der Waals surface area contributed by atoms with Gasteiger partial charge in [-0.3, -0.25) is 0 Å². The van der Waals surface area contributed by atoms with Crippen LogP contribution in [0.2, 0.25) is 0 Å². The van der Waals surface area contributed by atoms with Gasteiger partial charge in [0.05, 0.1) is 143 Å². The molecule has 0 spiro atoms. The lowest BCUT2D eigenvalue weighted by atomic mass is 10.0. The molecule has 2 fully saturated rings. The van der Waals surface area contributed by atoms with Crippen LogP contribution in [0.5, 0.6) is 0 Å². The third-order valence-corrected chi connectivity index (χ3v) is 8.74. The maximum Gasteiger partial charge on any atom is 0.186 e. The molecule has 57 heavy (non-hydrogen) atoms. The molecular formula is C34H60N6O17. The molecule has 5 unspecified atom stereocenters. The van der Waals surface area contributed by atoms with Crippen molar-refractivity contribution in [2.45, 2.75) is 102 Å². The van der Waals surface area contributed by atoms with Gasteiger partial charge in [-0.1, -0.05) is 10.4 Å². The average Bonchev–Trinajstić information content (AvgIpc) is 3.87. The zero-order valence-electron chi connectivity index (χ0n) is 32.5. The Hall–Kier alpha value is -2.40. The topological polar surface area (TPSA) is 284 Å². The SMILES string of the molecule is CC1O[C@@H](OCc2cn(CCOCCOCCOCCOCCOCCOCCOCCn3cc(CO[C@@H]4OC(C)[C@@H](O)C(O)[C@H]4O)nn3)nn2)C(O)C(O)[C@@H]1O. The zero-order chi connectivity index (χ0) is 40.8. The molecule has 328 valence electrons. The van der Waals surface area contributed by atoms with Crippen LogP contribution in [0.25, 0.3) is 0 Å². The maximum absolute atomic E-state index is 10.0. The maximum atomic E-state index is 10.0. The Morgan fingerprint density at radius 2 is 0.754 bits per heavy atom. The van der Waals surface area contributed by atoms with E-state index >= 15 is 0 Å². The van der Waals surface area contributed by atoms with Crippen LogP contribution in [0.3, 0.4) is 0 Å². The summed E-state index contributed by atoms with van der Waals surface area (Å²) in [4.78, 5) is 0. The molecule has 0 saturated carbocycles. The van der Waals surface area contributed by atoms with E-state index in [0.717, 1.165) is 0 Å². The van der Waals surface area contributed by atoms with E-state index in [1.165, 1.54) is 0 Å². The Labute approximate surface area is 330 Å². The lowest BCUT2D eigenvalue weighted by Gasteiger charge is -2.38. The Bertz CT molecular complexity index is 1230. The fourth-order valence-corrected chi connectivity index (χ4v) is 5.40. The van der Waals surface area contributed by atoms with Crippen molar-refractivity contribution in [3.05, 3.63) is 23.8 Å². The first-order chi connectivity index (χ1) is 27.6. The van der Waals surface area contributed by atoms with E-state index < -0.39 is 61.4 Å². The molecule has 23 heteroatoms. The molecule has 10 atom stereocenters. The summed E-state index contributed by atoms with van der Waals surface area (Å²) in [6, 6.07) is 0. The second-order valence-corrected chi connectivity index (χ2v) is 13.2. The minimum atomic E-state index is -1.38. The molecule has 2 aliphatic rings. The Morgan fingerprint density at radius 1 is 0.456 bits per heavy atom. The largest absolute Gasteiger partial charge is 0.388 e. The summed E-state index contributed by atoms with van der Waals surface area (Å²) in [5.41, 5.74) is 1.02. The van der Waals surface area contributed by atoms with Gasteiger partial charge in [-0.2, -0.15) is 0 Å². The van der Waals surface area contributed by atoms with Gasteiger partial charge in [0, 0.05) is 0 Å². The average molecular weight is 825 g/mol. The molecule has 2 saturated heterocycles. The van der Waals surface area contributed by atoms with Crippen LogP contribution in [-0.2, 0) is 78.4 Å². The van der Waals surface area contributed by atoms with Crippen LogP contribution in [0.4, 0.5) is 0 Å². The summed E-state index contributed by atoms with van der Waals surface area (Å²) >= 11 is 0. The minimum absolute atomic E-state index is 0.0103. The molecule has 4 heterocycles.